The Morgan fingerprint density at radius 2 is 1.93 bits per heavy atom. The van der Waals surface area contributed by atoms with Crippen LogP contribution in [0.25, 0.3) is 10.9 Å². The number of anilines is 1. The Bertz CT molecular complexity index is 969. The first-order valence-corrected chi connectivity index (χ1v) is 9.99. The molecule has 1 saturated heterocycles. The Hall–Kier alpha value is -2.24. The topological polar surface area (TPSA) is 47.0 Å². The van der Waals surface area contributed by atoms with Crippen LogP contribution in [0.15, 0.2) is 48.5 Å². The third-order valence-electron chi connectivity index (χ3n) is 5.43. The maximum absolute atomic E-state index is 14.8. The lowest BCUT2D eigenvalue weighted by molar-refractivity contribution is 0.0231. The summed E-state index contributed by atoms with van der Waals surface area (Å²) in [5.74, 6) is 0.539. The highest BCUT2D eigenvalue weighted by Gasteiger charge is 2.42. The molecule has 4 nitrogen and oxygen atoms in total. The van der Waals surface area contributed by atoms with E-state index in [-0.39, 0.29) is 17.3 Å². The van der Waals surface area contributed by atoms with Crippen LogP contribution in [0.3, 0.4) is 0 Å². The summed E-state index contributed by atoms with van der Waals surface area (Å²) in [7, 11) is 0. The minimum Gasteiger partial charge on any atom is -0.367 e. The van der Waals surface area contributed by atoms with Crippen LogP contribution in [0.4, 0.5) is 10.2 Å². The van der Waals surface area contributed by atoms with E-state index in [0.717, 1.165) is 22.9 Å². The number of aromatic nitrogens is 2. The van der Waals surface area contributed by atoms with Crippen LogP contribution in [0.1, 0.15) is 37.5 Å². The number of benzene rings is 2. The van der Waals surface area contributed by atoms with Gasteiger partial charge in [0.05, 0.1) is 11.6 Å². The largest absolute Gasteiger partial charge is 0.367 e. The van der Waals surface area contributed by atoms with E-state index in [4.69, 9.17) is 16.3 Å². The van der Waals surface area contributed by atoms with Crippen molar-refractivity contribution in [2.75, 3.05) is 5.32 Å². The van der Waals surface area contributed by atoms with Crippen molar-refractivity contribution >= 4 is 28.3 Å². The number of nitrogens with zero attached hydrogens (tertiary/aromatic N) is 2. The molecule has 4 rings (SSSR count). The van der Waals surface area contributed by atoms with Gasteiger partial charge in [-0.2, -0.15) is 0 Å². The maximum atomic E-state index is 14.8. The van der Waals surface area contributed by atoms with Crippen LogP contribution in [0.2, 0.25) is 5.28 Å². The molecule has 3 aromatic rings. The van der Waals surface area contributed by atoms with Crippen LogP contribution < -0.4 is 5.32 Å². The first kappa shape index (κ1) is 19.1. The maximum Gasteiger partial charge on any atom is 0.224 e. The zero-order chi connectivity index (χ0) is 19.7. The summed E-state index contributed by atoms with van der Waals surface area (Å²) in [6.45, 7) is 4.55. The molecule has 1 N–H and O–H groups in total. The van der Waals surface area contributed by atoms with E-state index in [9.17, 15) is 4.39 Å². The van der Waals surface area contributed by atoms with E-state index in [1.54, 1.807) is 0 Å². The molecule has 1 fully saturated rings. The smallest absolute Gasteiger partial charge is 0.224 e. The van der Waals surface area contributed by atoms with Crippen molar-refractivity contribution < 1.29 is 9.13 Å². The van der Waals surface area contributed by atoms with Crippen molar-refractivity contribution in [1.29, 1.82) is 0 Å². The number of nitrogens with one attached hydrogen (secondary N) is 1. The van der Waals surface area contributed by atoms with E-state index in [1.165, 1.54) is 0 Å². The fraction of sp³-hybridized carbons (Fsp3) is 0.364. The summed E-state index contributed by atoms with van der Waals surface area (Å²) in [5, 5.41) is 4.33. The highest BCUT2D eigenvalue weighted by Crippen LogP contribution is 2.41. The molecule has 2 aromatic carbocycles. The summed E-state index contributed by atoms with van der Waals surface area (Å²) in [6.07, 6.45) is -0.866. The van der Waals surface area contributed by atoms with Crippen molar-refractivity contribution in [2.45, 2.75) is 45.2 Å². The van der Waals surface area contributed by atoms with E-state index in [1.807, 2.05) is 62.4 Å². The minimum atomic E-state index is -1.03. The van der Waals surface area contributed by atoms with Crippen LogP contribution in [0, 0.1) is 5.92 Å². The second kappa shape index (κ2) is 8.02. The summed E-state index contributed by atoms with van der Waals surface area (Å²) >= 11 is 6.15. The summed E-state index contributed by atoms with van der Waals surface area (Å²) in [6, 6.07) is 15.7. The average Bonchev–Trinajstić information content (AvgIpc) is 3.00. The molecule has 0 bridgehead atoms. The van der Waals surface area contributed by atoms with Gasteiger partial charge in [0, 0.05) is 17.8 Å². The average molecular weight is 400 g/mol. The van der Waals surface area contributed by atoms with Gasteiger partial charge >= 0.3 is 0 Å². The van der Waals surface area contributed by atoms with Crippen molar-refractivity contribution in [1.82, 2.24) is 9.97 Å². The Balaban J connectivity index is 1.63. The number of halogens is 2. The molecule has 2 heterocycles. The standard InChI is InChI=1S/C22H23ClFN3O/c1-3-18-13(2)19(24)20(28-18)15-9-10-16-17(11-15)26-22(23)27-21(16)25-12-14-7-5-4-6-8-14/h4-11,13,18-20H,3,12H2,1-2H3,(H,25,26,27)/t13-,18-,19+,20+/m1/s1. The van der Waals surface area contributed by atoms with Crippen LogP contribution in [-0.2, 0) is 11.3 Å². The van der Waals surface area contributed by atoms with Gasteiger partial charge in [0.1, 0.15) is 18.1 Å². The zero-order valence-corrected chi connectivity index (χ0v) is 16.7. The van der Waals surface area contributed by atoms with Gasteiger partial charge < -0.3 is 10.1 Å². The van der Waals surface area contributed by atoms with Gasteiger partial charge in [-0.15, -0.1) is 0 Å². The van der Waals surface area contributed by atoms with Gasteiger partial charge in [-0.3, -0.25) is 0 Å². The van der Waals surface area contributed by atoms with Crippen molar-refractivity contribution in [3.8, 4) is 0 Å². The molecule has 0 amide bonds. The second-order valence-corrected chi connectivity index (χ2v) is 7.60. The molecular weight excluding hydrogens is 377 g/mol. The monoisotopic (exact) mass is 399 g/mol. The van der Waals surface area contributed by atoms with Crippen molar-refractivity contribution in [3.05, 3.63) is 64.9 Å². The SMILES string of the molecule is CC[C@H]1O[C@@H](c2ccc3c(NCc4ccccc4)nc(Cl)nc3c2)[C@@H](F)[C@@H]1C. The molecular formula is C22H23ClFN3O. The number of hydrogen-bond donors (Lipinski definition) is 1. The van der Waals surface area contributed by atoms with Gasteiger partial charge in [0.25, 0.3) is 0 Å². The van der Waals surface area contributed by atoms with Gasteiger partial charge in [-0.25, -0.2) is 14.4 Å². The first-order valence-electron chi connectivity index (χ1n) is 9.61. The number of alkyl halides is 1. The lowest BCUT2D eigenvalue weighted by Crippen LogP contribution is -2.17. The quantitative estimate of drug-likeness (QED) is 0.557. The second-order valence-electron chi connectivity index (χ2n) is 7.26. The molecule has 6 heteroatoms. The summed E-state index contributed by atoms with van der Waals surface area (Å²) in [4.78, 5) is 8.68. The predicted octanol–water partition coefficient (Wildman–Crippen LogP) is 5.72. The molecule has 1 aliphatic rings. The Morgan fingerprint density at radius 1 is 1.14 bits per heavy atom. The fourth-order valence-corrected chi connectivity index (χ4v) is 3.99. The molecule has 0 spiro atoms. The van der Waals surface area contributed by atoms with Crippen LogP contribution >= 0.6 is 11.6 Å². The third kappa shape index (κ3) is 3.69. The van der Waals surface area contributed by atoms with Crippen LogP contribution in [0.5, 0.6) is 0 Å². The highest BCUT2D eigenvalue weighted by molar-refractivity contribution is 6.28. The van der Waals surface area contributed by atoms with Gasteiger partial charge in [0.15, 0.2) is 0 Å². The zero-order valence-electron chi connectivity index (χ0n) is 15.9. The van der Waals surface area contributed by atoms with Gasteiger partial charge in [-0.05, 0) is 41.3 Å². The Labute approximate surface area is 169 Å². The number of hydrogen-bond acceptors (Lipinski definition) is 4. The summed E-state index contributed by atoms with van der Waals surface area (Å²) < 4.78 is 20.7. The lowest BCUT2D eigenvalue weighted by atomic mass is 9.95. The minimum absolute atomic E-state index is 0.0622. The van der Waals surface area contributed by atoms with E-state index < -0.39 is 12.3 Å². The number of fused-ring (bicyclic) bond motifs is 1. The first-order chi connectivity index (χ1) is 13.6. The Morgan fingerprint density at radius 3 is 2.64 bits per heavy atom. The normalized spacial score (nSPS) is 24.6. The molecule has 0 radical (unpaired) electrons. The molecule has 1 aliphatic heterocycles. The molecule has 4 atom stereocenters. The Kier molecular flexibility index (Phi) is 5.47. The molecule has 0 aliphatic carbocycles. The fourth-order valence-electron chi connectivity index (χ4n) is 3.81. The van der Waals surface area contributed by atoms with E-state index in [0.29, 0.717) is 17.9 Å². The molecule has 28 heavy (non-hydrogen) atoms. The lowest BCUT2D eigenvalue weighted by Gasteiger charge is -2.15. The number of ether oxygens (including phenoxy) is 1. The van der Waals surface area contributed by atoms with E-state index in [2.05, 4.69) is 15.3 Å². The third-order valence-corrected chi connectivity index (χ3v) is 5.60. The highest BCUT2D eigenvalue weighted by atomic mass is 35.5. The summed E-state index contributed by atoms with van der Waals surface area (Å²) in [5.41, 5.74) is 2.60. The van der Waals surface area contributed by atoms with Crippen molar-refractivity contribution in [3.63, 3.8) is 0 Å². The molecule has 0 saturated carbocycles. The van der Waals surface area contributed by atoms with Crippen LogP contribution in [-0.4, -0.2) is 22.2 Å². The predicted molar refractivity (Wildman–Crippen MR) is 110 cm³/mol. The molecule has 1 aromatic heterocycles. The van der Waals surface area contributed by atoms with Gasteiger partial charge in [-0.1, -0.05) is 50.2 Å². The van der Waals surface area contributed by atoms with Crippen molar-refractivity contribution in [2.24, 2.45) is 5.92 Å². The molecule has 146 valence electrons. The number of rotatable bonds is 5. The molecule has 0 unspecified atom stereocenters. The van der Waals surface area contributed by atoms with E-state index >= 15 is 0 Å². The van der Waals surface area contributed by atoms with Gasteiger partial charge in [0.2, 0.25) is 5.28 Å².